The molecule has 3 aromatic rings. The molecule has 192 valence electrons. The zero-order valence-electron chi connectivity index (χ0n) is 20.4. The van der Waals surface area contributed by atoms with Crippen LogP contribution in [0.5, 0.6) is 5.75 Å². The van der Waals surface area contributed by atoms with Crippen LogP contribution in [0.15, 0.2) is 16.7 Å². The summed E-state index contributed by atoms with van der Waals surface area (Å²) < 4.78 is 19.7. The van der Waals surface area contributed by atoms with Gasteiger partial charge in [-0.2, -0.15) is 4.98 Å². The van der Waals surface area contributed by atoms with Gasteiger partial charge < -0.3 is 9.84 Å². The molecule has 12 heteroatoms. The molecule has 3 aromatic heterocycles. The van der Waals surface area contributed by atoms with E-state index in [1.54, 1.807) is 30.8 Å². The first-order chi connectivity index (χ1) is 17.5. The molecule has 5 rings (SSSR count). The summed E-state index contributed by atoms with van der Waals surface area (Å²) >= 11 is 0. The number of aromatic nitrogens is 6. The van der Waals surface area contributed by atoms with Crippen molar-refractivity contribution in [1.82, 2.24) is 30.1 Å². The van der Waals surface area contributed by atoms with Crippen LogP contribution in [0.4, 0.5) is 10.3 Å². The maximum absolute atomic E-state index is 12.7. The topological polar surface area (TPSA) is 130 Å². The molecule has 11 nitrogen and oxygen atoms in total. The highest BCUT2D eigenvalue weighted by Gasteiger charge is 2.34. The van der Waals surface area contributed by atoms with Crippen LogP contribution in [-0.4, -0.2) is 42.8 Å². The van der Waals surface area contributed by atoms with E-state index >= 15 is 0 Å². The average molecular weight is 500 g/mol. The Bertz CT molecular complexity index is 1200. The summed E-state index contributed by atoms with van der Waals surface area (Å²) in [5.41, 5.74) is 2.52. The summed E-state index contributed by atoms with van der Waals surface area (Å²) in [7, 11) is 1.79. The van der Waals surface area contributed by atoms with Crippen LogP contribution in [0.2, 0.25) is 0 Å². The largest absolute Gasteiger partial charge is 0.358 e. The number of nitrogens with one attached hydrogen (secondary N) is 1. The van der Waals surface area contributed by atoms with Crippen molar-refractivity contribution in [1.29, 1.82) is 0 Å². The van der Waals surface area contributed by atoms with Crippen molar-refractivity contribution in [3.05, 3.63) is 29.4 Å². The maximum Gasteiger partial charge on any atom is 0.358 e. The Morgan fingerprint density at radius 1 is 1.22 bits per heavy atom. The Kier molecular flexibility index (Phi) is 7.10. The number of hydrogen-bond donors (Lipinski definition) is 1. The fourth-order valence-electron chi connectivity index (χ4n) is 4.73. The van der Waals surface area contributed by atoms with Crippen LogP contribution in [0, 0.1) is 18.8 Å². The van der Waals surface area contributed by atoms with Gasteiger partial charge >= 0.3 is 5.97 Å². The lowest BCUT2D eigenvalue weighted by molar-refractivity contribution is -0.220. The zero-order valence-corrected chi connectivity index (χ0v) is 20.4. The highest BCUT2D eigenvalue weighted by molar-refractivity contribution is 5.72. The number of alkyl halides is 1. The summed E-state index contributed by atoms with van der Waals surface area (Å²) in [6.07, 6.45) is 6.39. The number of nitrogens with zero attached hydrogens (tertiary/aromatic N) is 6. The highest BCUT2D eigenvalue weighted by atomic mass is 19.1. The third kappa shape index (κ3) is 5.17. The minimum Gasteiger partial charge on any atom is -0.346 e. The predicted molar refractivity (Wildman–Crippen MR) is 125 cm³/mol. The van der Waals surface area contributed by atoms with Crippen LogP contribution in [0.1, 0.15) is 68.1 Å². The molecular weight excluding hydrogens is 469 g/mol. The smallest absolute Gasteiger partial charge is 0.346 e. The number of carbonyl (C=O) groups is 1. The molecule has 0 aromatic carbocycles. The molecule has 0 radical (unpaired) electrons. The van der Waals surface area contributed by atoms with Gasteiger partial charge in [-0.3, -0.25) is 14.2 Å². The molecule has 1 N–H and O–H groups in total. The van der Waals surface area contributed by atoms with Crippen LogP contribution in [0.3, 0.4) is 0 Å². The lowest BCUT2D eigenvalue weighted by Crippen LogP contribution is -2.23. The first kappa shape index (κ1) is 24.1. The summed E-state index contributed by atoms with van der Waals surface area (Å²) in [5.74, 6) is 1.05. The molecule has 3 heterocycles. The normalized spacial score (nSPS) is 20.1. The van der Waals surface area contributed by atoms with Crippen LogP contribution in [0.25, 0.3) is 11.4 Å². The van der Waals surface area contributed by atoms with Crippen molar-refractivity contribution >= 4 is 11.9 Å². The third-order valence-electron chi connectivity index (χ3n) is 7.03. The molecule has 36 heavy (non-hydrogen) atoms. The Morgan fingerprint density at radius 3 is 2.78 bits per heavy atom. The Morgan fingerprint density at radius 2 is 2.03 bits per heavy atom. The minimum atomic E-state index is -0.329. The molecule has 0 spiro atoms. The van der Waals surface area contributed by atoms with Gasteiger partial charge in [0.1, 0.15) is 5.69 Å². The molecule has 0 unspecified atom stereocenters. The molecule has 0 aliphatic heterocycles. The monoisotopic (exact) mass is 499 g/mol. The number of anilines is 1. The molecular formula is C24H30FN7O4. The van der Waals surface area contributed by atoms with Gasteiger partial charge in [0.15, 0.2) is 5.75 Å². The molecule has 2 aliphatic rings. The quantitative estimate of drug-likeness (QED) is 0.340. The van der Waals surface area contributed by atoms with E-state index < -0.39 is 0 Å². The van der Waals surface area contributed by atoms with Crippen molar-refractivity contribution in [2.24, 2.45) is 18.9 Å². The van der Waals surface area contributed by atoms with E-state index in [4.69, 9.17) is 14.3 Å². The van der Waals surface area contributed by atoms with Gasteiger partial charge in [-0.15, -0.1) is 5.10 Å². The molecule has 2 aliphatic carbocycles. The second-order valence-electron chi connectivity index (χ2n) is 9.61. The van der Waals surface area contributed by atoms with Gasteiger partial charge in [0.25, 0.3) is 5.95 Å². The molecule has 0 bridgehead atoms. The molecule has 0 saturated heterocycles. The lowest BCUT2D eigenvalue weighted by Gasteiger charge is -2.30. The van der Waals surface area contributed by atoms with Gasteiger partial charge in [0.05, 0.1) is 36.2 Å². The number of carbonyl (C=O) groups excluding carboxylic acids is 1. The Balaban J connectivity index is 1.21. The van der Waals surface area contributed by atoms with Crippen molar-refractivity contribution < 1.29 is 23.5 Å². The van der Waals surface area contributed by atoms with Gasteiger partial charge in [-0.05, 0) is 55.8 Å². The van der Waals surface area contributed by atoms with Crippen LogP contribution >= 0.6 is 0 Å². The summed E-state index contributed by atoms with van der Waals surface area (Å²) in [4.78, 5) is 31.7. The van der Waals surface area contributed by atoms with E-state index in [0.717, 1.165) is 50.6 Å². The molecule has 2 fully saturated rings. The number of rotatable bonds is 9. The van der Waals surface area contributed by atoms with E-state index in [1.807, 2.05) is 0 Å². The first-order valence-electron chi connectivity index (χ1n) is 12.4. The third-order valence-corrected chi connectivity index (χ3v) is 7.03. The van der Waals surface area contributed by atoms with Crippen molar-refractivity contribution in [2.75, 3.05) is 12.0 Å². The fourth-order valence-corrected chi connectivity index (χ4v) is 4.73. The molecule has 2 saturated carbocycles. The lowest BCUT2D eigenvalue weighted by atomic mass is 9.75. The van der Waals surface area contributed by atoms with E-state index in [0.29, 0.717) is 41.2 Å². The summed E-state index contributed by atoms with van der Waals surface area (Å²) in [6.45, 7) is 1.81. The van der Waals surface area contributed by atoms with Gasteiger partial charge in [0.2, 0.25) is 5.89 Å². The maximum atomic E-state index is 12.7. The zero-order chi connectivity index (χ0) is 25.1. The second-order valence-corrected chi connectivity index (χ2v) is 9.61. The number of hydrogen-bond acceptors (Lipinski definition) is 10. The SMILES string of the molecule is Cc1nc(-c2nnn(C)c2CNc2noc(C3CC(CF)C3)n2)ccc1OOC(=O)C1CCCCC1. The average Bonchev–Trinajstić information content (AvgIpc) is 3.48. The predicted octanol–water partition coefficient (Wildman–Crippen LogP) is 4.06. The van der Waals surface area contributed by atoms with Gasteiger partial charge in [0, 0.05) is 13.0 Å². The Labute approximate surface area is 207 Å². The highest BCUT2D eigenvalue weighted by Crippen LogP contribution is 2.41. The van der Waals surface area contributed by atoms with E-state index in [-0.39, 0.29) is 30.4 Å². The number of aryl methyl sites for hydroxylation is 2. The summed E-state index contributed by atoms with van der Waals surface area (Å²) in [5, 5.41) is 15.5. The van der Waals surface area contributed by atoms with E-state index in [2.05, 4.69) is 30.8 Å². The fraction of sp³-hybridized carbons (Fsp3) is 0.583. The molecule has 0 atom stereocenters. The van der Waals surface area contributed by atoms with Gasteiger partial charge in [-0.1, -0.05) is 24.5 Å². The van der Waals surface area contributed by atoms with Crippen molar-refractivity contribution in [2.45, 2.75) is 64.3 Å². The molecule has 0 amide bonds. The van der Waals surface area contributed by atoms with Gasteiger partial charge in [-0.25, -0.2) is 14.5 Å². The standard InChI is InChI=1S/C24H30FN7O4/c1-14-20(35-36-23(33)16-6-4-3-5-7-16)9-8-18(27-14)21-19(32(2)31-29-21)13-26-24-28-22(34-30-24)17-10-15(11-17)12-25/h8-9,15-17H,3-7,10-13H2,1-2H3,(H,26,30). The second kappa shape index (κ2) is 10.6. The van der Waals surface area contributed by atoms with E-state index in [1.165, 1.54) is 0 Å². The van der Waals surface area contributed by atoms with Crippen LogP contribution in [-0.2, 0) is 23.3 Å². The Hall–Kier alpha value is -3.57. The van der Waals surface area contributed by atoms with Crippen molar-refractivity contribution in [3.63, 3.8) is 0 Å². The number of pyridine rings is 1. The minimum absolute atomic E-state index is 0.0954. The summed E-state index contributed by atoms with van der Waals surface area (Å²) in [6, 6.07) is 3.45. The first-order valence-corrected chi connectivity index (χ1v) is 12.4. The van der Waals surface area contributed by atoms with Crippen molar-refractivity contribution in [3.8, 4) is 17.1 Å². The van der Waals surface area contributed by atoms with E-state index in [9.17, 15) is 9.18 Å². The number of halogens is 1. The van der Waals surface area contributed by atoms with Crippen LogP contribution < -0.4 is 10.2 Å².